The van der Waals surface area contributed by atoms with E-state index in [0.717, 1.165) is 13.1 Å². The molecule has 0 bridgehead atoms. The van der Waals surface area contributed by atoms with Crippen molar-refractivity contribution < 1.29 is 4.39 Å². The molecule has 1 aliphatic rings. The first-order valence-electron chi connectivity index (χ1n) is 6.84. The van der Waals surface area contributed by atoms with E-state index in [1.54, 1.807) is 12.1 Å². The Balaban J connectivity index is 1.90. The Labute approximate surface area is 109 Å². The molecule has 1 heterocycles. The maximum Gasteiger partial charge on any atom is 0.123 e. The van der Waals surface area contributed by atoms with Gasteiger partial charge in [0.25, 0.3) is 0 Å². The van der Waals surface area contributed by atoms with E-state index < -0.39 is 0 Å². The van der Waals surface area contributed by atoms with Gasteiger partial charge in [-0.25, -0.2) is 4.39 Å². The van der Waals surface area contributed by atoms with Gasteiger partial charge < -0.3 is 10.2 Å². The number of nitrogens with zero attached hydrogens (tertiary/aromatic N) is 1. The van der Waals surface area contributed by atoms with Crippen LogP contribution in [0.2, 0.25) is 0 Å². The van der Waals surface area contributed by atoms with Crippen molar-refractivity contribution in [3.63, 3.8) is 0 Å². The Kier molecular flexibility index (Phi) is 4.72. The Hall–Kier alpha value is -0.930. The molecule has 0 amide bonds. The fraction of sp³-hybridized carbons (Fsp3) is 0.600. The molecule has 2 unspecified atom stereocenters. The first-order chi connectivity index (χ1) is 8.69. The number of hydrogen-bond donors (Lipinski definition) is 1. The topological polar surface area (TPSA) is 15.3 Å². The van der Waals surface area contributed by atoms with Gasteiger partial charge in [-0.1, -0.05) is 19.1 Å². The molecule has 1 saturated heterocycles. The quantitative estimate of drug-likeness (QED) is 0.883. The molecule has 0 radical (unpaired) electrons. The van der Waals surface area contributed by atoms with E-state index in [1.165, 1.54) is 24.9 Å². The second kappa shape index (κ2) is 6.30. The summed E-state index contributed by atoms with van der Waals surface area (Å²) in [6, 6.07) is 7.54. The van der Waals surface area contributed by atoms with E-state index in [9.17, 15) is 4.39 Å². The SMILES string of the molecule is CNC1CCCN(CC(C)c2ccc(F)cc2)C1. The second-order valence-electron chi connectivity index (χ2n) is 5.34. The fourth-order valence-corrected chi connectivity index (χ4v) is 2.74. The van der Waals surface area contributed by atoms with Crippen molar-refractivity contribution in [1.82, 2.24) is 10.2 Å². The number of halogens is 1. The maximum absolute atomic E-state index is 12.9. The average molecular weight is 250 g/mol. The number of nitrogens with one attached hydrogen (secondary N) is 1. The lowest BCUT2D eigenvalue weighted by Crippen LogP contribution is -2.45. The van der Waals surface area contributed by atoms with Crippen LogP contribution in [0, 0.1) is 5.82 Å². The van der Waals surface area contributed by atoms with Gasteiger partial charge in [-0.2, -0.15) is 0 Å². The molecular weight excluding hydrogens is 227 g/mol. The molecule has 2 rings (SSSR count). The van der Waals surface area contributed by atoms with Crippen molar-refractivity contribution in [3.05, 3.63) is 35.6 Å². The minimum Gasteiger partial charge on any atom is -0.316 e. The number of hydrogen-bond acceptors (Lipinski definition) is 2. The van der Waals surface area contributed by atoms with E-state index in [4.69, 9.17) is 0 Å². The number of benzene rings is 1. The van der Waals surface area contributed by atoms with E-state index in [0.29, 0.717) is 12.0 Å². The molecule has 0 spiro atoms. The molecule has 1 fully saturated rings. The number of piperidine rings is 1. The van der Waals surface area contributed by atoms with Crippen LogP contribution in [0.4, 0.5) is 4.39 Å². The van der Waals surface area contributed by atoms with Gasteiger partial charge in [0.05, 0.1) is 0 Å². The van der Waals surface area contributed by atoms with Crippen molar-refractivity contribution in [2.75, 3.05) is 26.7 Å². The summed E-state index contributed by atoms with van der Waals surface area (Å²) in [5.41, 5.74) is 1.22. The van der Waals surface area contributed by atoms with Crippen LogP contribution in [0.15, 0.2) is 24.3 Å². The number of likely N-dealkylation sites (tertiary alicyclic amines) is 1. The van der Waals surface area contributed by atoms with E-state index in [2.05, 4.69) is 17.1 Å². The predicted molar refractivity (Wildman–Crippen MR) is 73.3 cm³/mol. The van der Waals surface area contributed by atoms with Crippen LogP contribution in [0.3, 0.4) is 0 Å². The summed E-state index contributed by atoms with van der Waals surface area (Å²) in [5, 5.41) is 3.36. The van der Waals surface area contributed by atoms with Gasteiger partial charge >= 0.3 is 0 Å². The van der Waals surface area contributed by atoms with Crippen molar-refractivity contribution in [2.24, 2.45) is 0 Å². The van der Waals surface area contributed by atoms with Gasteiger partial charge in [-0.15, -0.1) is 0 Å². The van der Waals surface area contributed by atoms with Crippen molar-refractivity contribution in [2.45, 2.75) is 31.7 Å². The van der Waals surface area contributed by atoms with Crippen LogP contribution < -0.4 is 5.32 Å². The van der Waals surface area contributed by atoms with Gasteiger partial charge in [0.15, 0.2) is 0 Å². The Morgan fingerprint density at radius 3 is 2.78 bits per heavy atom. The van der Waals surface area contributed by atoms with Gasteiger partial charge in [0.2, 0.25) is 0 Å². The van der Waals surface area contributed by atoms with Crippen LogP contribution in [-0.4, -0.2) is 37.6 Å². The highest BCUT2D eigenvalue weighted by Gasteiger charge is 2.20. The summed E-state index contributed by atoms with van der Waals surface area (Å²) in [6.07, 6.45) is 2.54. The highest BCUT2D eigenvalue weighted by atomic mass is 19.1. The normalized spacial score (nSPS) is 22.9. The zero-order valence-corrected chi connectivity index (χ0v) is 11.3. The molecule has 1 aliphatic heterocycles. The lowest BCUT2D eigenvalue weighted by Gasteiger charge is -2.34. The zero-order valence-electron chi connectivity index (χ0n) is 11.3. The summed E-state index contributed by atoms with van der Waals surface area (Å²) in [7, 11) is 2.04. The van der Waals surface area contributed by atoms with Crippen LogP contribution in [0.1, 0.15) is 31.2 Å². The summed E-state index contributed by atoms with van der Waals surface area (Å²) in [6.45, 7) is 5.59. The highest BCUT2D eigenvalue weighted by molar-refractivity contribution is 5.20. The van der Waals surface area contributed by atoms with Crippen LogP contribution in [0.25, 0.3) is 0 Å². The van der Waals surface area contributed by atoms with Crippen LogP contribution in [-0.2, 0) is 0 Å². The fourth-order valence-electron chi connectivity index (χ4n) is 2.74. The molecule has 18 heavy (non-hydrogen) atoms. The predicted octanol–water partition coefficient (Wildman–Crippen LogP) is 2.61. The van der Waals surface area contributed by atoms with Crippen LogP contribution in [0.5, 0.6) is 0 Å². The van der Waals surface area contributed by atoms with Crippen LogP contribution >= 0.6 is 0 Å². The van der Waals surface area contributed by atoms with Gasteiger partial charge in [-0.3, -0.25) is 0 Å². The third-order valence-corrected chi connectivity index (χ3v) is 3.88. The molecule has 2 nitrogen and oxygen atoms in total. The molecule has 100 valence electrons. The van der Waals surface area contributed by atoms with Crippen molar-refractivity contribution in [1.29, 1.82) is 0 Å². The van der Waals surface area contributed by atoms with E-state index >= 15 is 0 Å². The van der Waals surface area contributed by atoms with Gasteiger partial charge in [0, 0.05) is 19.1 Å². The molecule has 0 aliphatic carbocycles. The number of likely N-dealkylation sites (N-methyl/N-ethyl adjacent to an activating group) is 1. The largest absolute Gasteiger partial charge is 0.316 e. The third-order valence-electron chi connectivity index (χ3n) is 3.88. The number of rotatable bonds is 4. The first-order valence-corrected chi connectivity index (χ1v) is 6.84. The van der Waals surface area contributed by atoms with Crippen molar-refractivity contribution >= 4 is 0 Å². The average Bonchev–Trinajstić information content (AvgIpc) is 2.39. The minimum atomic E-state index is -0.154. The Bertz CT molecular complexity index is 363. The second-order valence-corrected chi connectivity index (χ2v) is 5.34. The Morgan fingerprint density at radius 1 is 1.39 bits per heavy atom. The van der Waals surface area contributed by atoms with Gasteiger partial charge in [-0.05, 0) is 50.0 Å². The van der Waals surface area contributed by atoms with E-state index in [1.807, 2.05) is 19.2 Å². The van der Waals surface area contributed by atoms with E-state index in [-0.39, 0.29) is 5.82 Å². The monoisotopic (exact) mass is 250 g/mol. The maximum atomic E-state index is 12.9. The summed E-state index contributed by atoms with van der Waals surface area (Å²) >= 11 is 0. The summed E-state index contributed by atoms with van der Waals surface area (Å²) in [5.74, 6) is 0.306. The molecule has 1 aromatic rings. The molecule has 2 atom stereocenters. The molecule has 1 aromatic carbocycles. The molecule has 0 saturated carbocycles. The summed E-state index contributed by atoms with van der Waals surface area (Å²) < 4.78 is 12.9. The van der Waals surface area contributed by atoms with Crippen molar-refractivity contribution in [3.8, 4) is 0 Å². The molecule has 3 heteroatoms. The summed E-state index contributed by atoms with van der Waals surface area (Å²) in [4.78, 5) is 2.51. The lowest BCUT2D eigenvalue weighted by atomic mass is 9.98. The smallest absolute Gasteiger partial charge is 0.123 e. The standard InChI is InChI=1S/C15H23FN2/c1-12(13-5-7-14(16)8-6-13)10-18-9-3-4-15(11-18)17-2/h5-8,12,15,17H,3-4,9-11H2,1-2H3. The Morgan fingerprint density at radius 2 is 2.11 bits per heavy atom. The molecular formula is C15H23FN2. The highest BCUT2D eigenvalue weighted by Crippen LogP contribution is 2.19. The zero-order chi connectivity index (χ0) is 13.0. The first kappa shape index (κ1) is 13.5. The third kappa shape index (κ3) is 3.53. The molecule has 0 aromatic heterocycles. The van der Waals surface area contributed by atoms with Gasteiger partial charge in [0.1, 0.15) is 5.82 Å². The molecule has 1 N–H and O–H groups in total. The lowest BCUT2D eigenvalue weighted by molar-refractivity contribution is 0.187. The minimum absolute atomic E-state index is 0.154.